The van der Waals surface area contributed by atoms with Crippen molar-refractivity contribution in [3.8, 4) is 5.88 Å². The monoisotopic (exact) mass is 288 g/mol. The van der Waals surface area contributed by atoms with Gasteiger partial charge in [0.15, 0.2) is 0 Å². The van der Waals surface area contributed by atoms with E-state index in [0.29, 0.717) is 19.1 Å². The highest BCUT2D eigenvalue weighted by Gasteiger charge is 2.11. The van der Waals surface area contributed by atoms with Gasteiger partial charge >= 0.3 is 0 Å². The highest BCUT2D eigenvalue weighted by Crippen LogP contribution is 2.11. The Morgan fingerprint density at radius 1 is 1.29 bits per heavy atom. The van der Waals surface area contributed by atoms with Crippen LogP contribution in [0.15, 0.2) is 42.6 Å². The lowest BCUT2D eigenvalue weighted by molar-refractivity contribution is 0.0370. The first kappa shape index (κ1) is 15.3. The van der Waals surface area contributed by atoms with Crippen LogP contribution in [-0.4, -0.2) is 28.4 Å². The van der Waals surface area contributed by atoms with Gasteiger partial charge in [0.1, 0.15) is 6.10 Å². The summed E-state index contributed by atoms with van der Waals surface area (Å²) in [5.74, 6) is 0.304. The zero-order chi connectivity index (χ0) is 15.1. The lowest BCUT2D eigenvalue weighted by atomic mass is 10.2. The van der Waals surface area contributed by atoms with Crippen LogP contribution < -0.4 is 4.74 Å². The van der Waals surface area contributed by atoms with E-state index >= 15 is 0 Å². The topological polar surface area (TPSA) is 53.4 Å². The molecule has 2 aromatic rings. The number of benzene rings is 1. The third-order valence-corrected chi connectivity index (χ3v) is 3.05. The number of hydrogen-bond donors (Lipinski definition) is 0. The molecule has 5 nitrogen and oxygen atoms in total. The summed E-state index contributed by atoms with van der Waals surface area (Å²) in [7, 11) is 0. The van der Waals surface area contributed by atoms with E-state index in [-0.39, 0.29) is 12.0 Å². The third kappa shape index (κ3) is 4.72. The second-order valence-corrected chi connectivity index (χ2v) is 4.77. The van der Waals surface area contributed by atoms with Crippen LogP contribution in [0, 0.1) is 0 Å². The maximum Gasteiger partial charge on any atom is 0.243 e. The number of hydrogen-bond acceptors (Lipinski definition) is 4. The van der Waals surface area contributed by atoms with Crippen LogP contribution >= 0.6 is 0 Å². The van der Waals surface area contributed by atoms with E-state index in [1.54, 1.807) is 12.3 Å². The summed E-state index contributed by atoms with van der Waals surface area (Å²) in [6.07, 6.45) is 2.32. The molecule has 112 valence electrons. The largest absolute Gasteiger partial charge is 0.471 e. The van der Waals surface area contributed by atoms with E-state index in [0.717, 1.165) is 12.0 Å². The first-order chi connectivity index (χ1) is 10.2. The number of carbonyl (C=O) groups excluding carboxylic acids is 1. The Balaban J connectivity index is 1.81. The van der Waals surface area contributed by atoms with Crippen molar-refractivity contribution in [1.29, 1.82) is 0 Å². The van der Waals surface area contributed by atoms with Crippen molar-refractivity contribution >= 4 is 5.91 Å². The lowest BCUT2D eigenvalue weighted by Crippen LogP contribution is -2.22. The average Bonchev–Trinajstić information content (AvgIpc) is 2.96. The SMILES string of the molecule is CCC(COCc1ccccc1)Oc1ccn(C(C)=O)n1. The average molecular weight is 288 g/mol. The molecule has 21 heavy (non-hydrogen) atoms. The van der Waals surface area contributed by atoms with Crippen LogP contribution in [0.4, 0.5) is 0 Å². The van der Waals surface area contributed by atoms with E-state index in [9.17, 15) is 4.79 Å². The fraction of sp³-hybridized carbons (Fsp3) is 0.375. The molecule has 1 aromatic heterocycles. The predicted molar refractivity (Wildman–Crippen MR) is 79.3 cm³/mol. The smallest absolute Gasteiger partial charge is 0.243 e. The van der Waals surface area contributed by atoms with Gasteiger partial charge in [0.25, 0.3) is 0 Å². The van der Waals surface area contributed by atoms with Crippen LogP contribution in [0.25, 0.3) is 0 Å². The molecule has 0 aliphatic heterocycles. The third-order valence-electron chi connectivity index (χ3n) is 3.05. The zero-order valence-electron chi connectivity index (χ0n) is 12.4. The van der Waals surface area contributed by atoms with Crippen LogP contribution in [0.2, 0.25) is 0 Å². The van der Waals surface area contributed by atoms with Gasteiger partial charge in [-0.2, -0.15) is 0 Å². The minimum atomic E-state index is -0.141. The minimum Gasteiger partial charge on any atom is -0.471 e. The summed E-state index contributed by atoms with van der Waals surface area (Å²) >= 11 is 0. The first-order valence-corrected chi connectivity index (χ1v) is 7.04. The summed E-state index contributed by atoms with van der Waals surface area (Å²) in [5.41, 5.74) is 1.13. The molecule has 0 saturated carbocycles. The molecule has 0 aliphatic carbocycles. The minimum absolute atomic E-state index is 0.0796. The van der Waals surface area contributed by atoms with Gasteiger partial charge in [-0.15, -0.1) is 5.10 Å². The second-order valence-electron chi connectivity index (χ2n) is 4.77. The van der Waals surface area contributed by atoms with Gasteiger partial charge in [0.05, 0.1) is 13.2 Å². The maximum atomic E-state index is 11.2. The molecule has 0 N–H and O–H groups in total. The van der Waals surface area contributed by atoms with Crippen molar-refractivity contribution in [2.75, 3.05) is 6.61 Å². The molecular formula is C16H20N2O3. The molecule has 0 fully saturated rings. The normalized spacial score (nSPS) is 12.1. The zero-order valence-corrected chi connectivity index (χ0v) is 12.4. The van der Waals surface area contributed by atoms with Crippen molar-refractivity contribution in [1.82, 2.24) is 9.78 Å². The summed E-state index contributed by atoms with van der Waals surface area (Å²) in [6, 6.07) is 11.7. The predicted octanol–water partition coefficient (Wildman–Crippen LogP) is 2.92. The van der Waals surface area contributed by atoms with Crippen molar-refractivity contribution in [3.63, 3.8) is 0 Å². The number of nitrogens with zero attached hydrogens (tertiary/aromatic N) is 2. The maximum absolute atomic E-state index is 11.2. The molecule has 0 aliphatic rings. The summed E-state index contributed by atoms with van der Waals surface area (Å²) < 4.78 is 12.7. The Morgan fingerprint density at radius 2 is 2.05 bits per heavy atom. The van der Waals surface area contributed by atoms with Gasteiger partial charge < -0.3 is 9.47 Å². The highest BCUT2D eigenvalue weighted by molar-refractivity contribution is 5.75. The van der Waals surface area contributed by atoms with Crippen molar-refractivity contribution < 1.29 is 14.3 Å². The Morgan fingerprint density at radius 3 is 2.67 bits per heavy atom. The van der Waals surface area contributed by atoms with Crippen molar-refractivity contribution in [2.45, 2.75) is 33.0 Å². The molecule has 0 amide bonds. The Kier molecular flexibility index (Phi) is 5.51. The molecule has 1 heterocycles. The van der Waals surface area contributed by atoms with E-state index in [2.05, 4.69) is 5.10 Å². The van der Waals surface area contributed by atoms with Crippen LogP contribution in [0.1, 0.15) is 30.6 Å². The molecule has 5 heteroatoms. The Hall–Kier alpha value is -2.14. The number of aromatic nitrogens is 2. The molecule has 1 atom stereocenters. The first-order valence-electron chi connectivity index (χ1n) is 7.04. The van der Waals surface area contributed by atoms with Gasteiger partial charge in [-0.3, -0.25) is 4.79 Å². The quantitative estimate of drug-likeness (QED) is 0.786. The van der Waals surface area contributed by atoms with Crippen molar-refractivity contribution in [3.05, 3.63) is 48.2 Å². The fourth-order valence-corrected chi connectivity index (χ4v) is 1.83. The molecule has 0 saturated heterocycles. The van der Waals surface area contributed by atoms with E-state index < -0.39 is 0 Å². The fourth-order valence-electron chi connectivity index (χ4n) is 1.83. The molecule has 1 aromatic carbocycles. The highest BCUT2D eigenvalue weighted by atomic mass is 16.5. The van der Waals surface area contributed by atoms with E-state index in [4.69, 9.17) is 9.47 Å². The number of carbonyl (C=O) groups is 1. The molecule has 0 bridgehead atoms. The molecule has 0 radical (unpaired) electrons. The van der Waals surface area contributed by atoms with Crippen molar-refractivity contribution in [2.24, 2.45) is 0 Å². The molecular weight excluding hydrogens is 268 g/mol. The molecule has 0 spiro atoms. The standard InChI is InChI=1S/C16H20N2O3/c1-3-15(12-20-11-14-7-5-4-6-8-14)21-16-9-10-18(17-16)13(2)19/h4-10,15H,3,11-12H2,1-2H3. The van der Waals surface area contributed by atoms with Gasteiger partial charge in [0.2, 0.25) is 11.8 Å². The second kappa shape index (κ2) is 7.59. The Labute approximate surface area is 124 Å². The molecule has 2 rings (SSSR count). The number of rotatable bonds is 7. The lowest BCUT2D eigenvalue weighted by Gasteiger charge is -2.15. The van der Waals surface area contributed by atoms with Gasteiger partial charge in [0, 0.05) is 19.2 Å². The van der Waals surface area contributed by atoms with E-state index in [1.807, 2.05) is 37.3 Å². The van der Waals surface area contributed by atoms with Gasteiger partial charge in [-0.1, -0.05) is 37.3 Å². The summed E-state index contributed by atoms with van der Waals surface area (Å²) in [6.45, 7) is 4.52. The van der Waals surface area contributed by atoms with Crippen LogP contribution in [-0.2, 0) is 11.3 Å². The summed E-state index contributed by atoms with van der Waals surface area (Å²) in [5, 5.41) is 4.05. The van der Waals surface area contributed by atoms with E-state index in [1.165, 1.54) is 11.6 Å². The van der Waals surface area contributed by atoms with Gasteiger partial charge in [-0.05, 0) is 12.0 Å². The molecule has 1 unspecified atom stereocenters. The van der Waals surface area contributed by atoms with Gasteiger partial charge in [-0.25, -0.2) is 4.68 Å². The van der Waals surface area contributed by atoms with Crippen LogP contribution in [0.5, 0.6) is 5.88 Å². The summed E-state index contributed by atoms with van der Waals surface area (Å²) in [4.78, 5) is 11.2. The van der Waals surface area contributed by atoms with Crippen LogP contribution in [0.3, 0.4) is 0 Å². The number of ether oxygens (including phenoxy) is 2. The Bertz CT molecular complexity index is 566.